The van der Waals surface area contributed by atoms with Crippen LogP contribution >= 0.6 is 11.6 Å². The third kappa shape index (κ3) is 3.36. The van der Waals surface area contributed by atoms with Crippen LogP contribution in [0, 0.1) is 6.92 Å². The number of morpholine rings is 1. The van der Waals surface area contributed by atoms with Crippen molar-refractivity contribution < 1.29 is 9.53 Å². The number of carbonyl (C=O) groups is 1. The number of anilines is 1. The number of carbonyl (C=O) groups excluding carboxylic acids is 1. The lowest BCUT2D eigenvalue weighted by molar-refractivity contribution is 0.0923. The SMILES string of the molecule is Cc1nc2c(N3CCOCC3)nc(Cl)cn2c1C(=O)NC1CCNCC1. The van der Waals surface area contributed by atoms with E-state index in [-0.39, 0.29) is 11.9 Å². The molecule has 0 spiro atoms. The summed E-state index contributed by atoms with van der Waals surface area (Å²) in [5, 5.41) is 6.78. The van der Waals surface area contributed by atoms with Gasteiger partial charge < -0.3 is 20.3 Å². The molecule has 0 aromatic carbocycles. The van der Waals surface area contributed by atoms with Gasteiger partial charge in [0, 0.05) is 25.3 Å². The highest BCUT2D eigenvalue weighted by Crippen LogP contribution is 2.25. The number of rotatable bonds is 3. The third-order valence-electron chi connectivity index (χ3n) is 4.93. The summed E-state index contributed by atoms with van der Waals surface area (Å²) in [6.45, 7) is 6.44. The van der Waals surface area contributed by atoms with Gasteiger partial charge in [-0.05, 0) is 32.9 Å². The lowest BCUT2D eigenvalue weighted by atomic mass is 10.1. The van der Waals surface area contributed by atoms with E-state index in [1.807, 2.05) is 6.92 Å². The molecule has 2 fully saturated rings. The molecule has 0 saturated carbocycles. The summed E-state index contributed by atoms with van der Waals surface area (Å²) in [5.41, 5.74) is 1.86. The predicted molar refractivity (Wildman–Crippen MR) is 99.1 cm³/mol. The minimum absolute atomic E-state index is 0.114. The van der Waals surface area contributed by atoms with Gasteiger partial charge in [-0.1, -0.05) is 11.6 Å². The minimum atomic E-state index is -0.114. The van der Waals surface area contributed by atoms with Crippen LogP contribution in [0.25, 0.3) is 5.65 Å². The van der Waals surface area contributed by atoms with Crippen molar-refractivity contribution >= 4 is 29.0 Å². The Bertz CT molecular complexity index is 811. The van der Waals surface area contributed by atoms with Gasteiger partial charge >= 0.3 is 0 Å². The molecule has 0 radical (unpaired) electrons. The maximum atomic E-state index is 12.9. The standard InChI is InChI=1S/C17H23ClN6O2/c1-11-14(17(25)21-12-2-4-19-5-3-12)24-10-13(18)22-15(16(24)20-11)23-6-8-26-9-7-23/h10,12,19H,2-9H2,1H3,(H,21,25). The molecule has 4 heterocycles. The van der Waals surface area contributed by atoms with E-state index in [1.165, 1.54) is 0 Å². The maximum absolute atomic E-state index is 12.9. The number of aryl methyl sites for hydroxylation is 1. The highest BCUT2D eigenvalue weighted by Gasteiger charge is 2.25. The number of imidazole rings is 1. The quantitative estimate of drug-likeness (QED) is 0.829. The van der Waals surface area contributed by atoms with E-state index in [2.05, 4.69) is 25.5 Å². The van der Waals surface area contributed by atoms with E-state index in [0.29, 0.717) is 41.2 Å². The number of hydrogen-bond donors (Lipinski definition) is 2. The van der Waals surface area contributed by atoms with E-state index in [9.17, 15) is 4.79 Å². The fourth-order valence-corrected chi connectivity index (χ4v) is 3.77. The summed E-state index contributed by atoms with van der Waals surface area (Å²) in [6, 6.07) is 0.185. The van der Waals surface area contributed by atoms with E-state index in [0.717, 1.165) is 39.0 Å². The number of hydrogen-bond acceptors (Lipinski definition) is 6. The predicted octanol–water partition coefficient (Wildman–Crippen LogP) is 1.01. The molecule has 26 heavy (non-hydrogen) atoms. The Balaban J connectivity index is 1.69. The molecule has 2 aliphatic heterocycles. The van der Waals surface area contributed by atoms with E-state index in [4.69, 9.17) is 16.3 Å². The van der Waals surface area contributed by atoms with E-state index >= 15 is 0 Å². The lowest BCUT2D eigenvalue weighted by Crippen LogP contribution is -2.43. The number of ether oxygens (including phenoxy) is 1. The van der Waals surface area contributed by atoms with Crippen molar-refractivity contribution in [2.75, 3.05) is 44.3 Å². The molecular formula is C17H23ClN6O2. The molecule has 0 aliphatic carbocycles. The van der Waals surface area contributed by atoms with Gasteiger partial charge in [-0.3, -0.25) is 9.20 Å². The second-order valence-electron chi connectivity index (χ2n) is 6.72. The lowest BCUT2D eigenvalue weighted by Gasteiger charge is -2.28. The summed E-state index contributed by atoms with van der Waals surface area (Å²) in [7, 11) is 0. The molecule has 0 atom stereocenters. The van der Waals surface area contributed by atoms with Gasteiger partial charge in [0.25, 0.3) is 5.91 Å². The molecule has 2 saturated heterocycles. The molecule has 2 aromatic heterocycles. The van der Waals surface area contributed by atoms with Crippen molar-refractivity contribution in [3.05, 3.63) is 22.7 Å². The normalized spacial score (nSPS) is 19.1. The first-order valence-electron chi connectivity index (χ1n) is 9.03. The molecule has 2 aliphatic rings. The van der Waals surface area contributed by atoms with Crippen LogP contribution in [0.3, 0.4) is 0 Å². The Hall–Kier alpha value is -1.90. The van der Waals surface area contributed by atoms with Crippen LogP contribution in [0.4, 0.5) is 5.82 Å². The molecule has 8 nitrogen and oxygen atoms in total. The van der Waals surface area contributed by atoms with Crippen molar-refractivity contribution in [2.24, 2.45) is 0 Å². The Morgan fingerprint density at radius 3 is 2.77 bits per heavy atom. The van der Waals surface area contributed by atoms with Gasteiger partial charge in [0.1, 0.15) is 10.8 Å². The molecule has 0 bridgehead atoms. The summed E-state index contributed by atoms with van der Waals surface area (Å²) in [5.74, 6) is 0.585. The number of halogens is 1. The second-order valence-corrected chi connectivity index (χ2v) is 7.11. The van der Waals surface area contributed by atoms with Crippen molar-refractivity contribution in [2.45, 2.75) is 25.8 Å². The third-order valence-corrected chi connectivity index (χ3v) is 5.12. The number of nitrogens with one attached hydrogen (secondary N) is 2. The first kappa shape index (κ1) is 17.5. The van der Waals surface area contributed by atoms with E-state index < -0.39 is 0 Å². The van der Waals surface area contributed by atoms with Gasteiger partial charge in [0.2, 0.25) is 0 Å². The number of aromatic nitrogens is 3. The number of nitrogens with zero attached hydrogens (tertiary/aromatic N) is 4. The summed E-state index contributed by atoms with van der Waals surface area (Å²) in [4.78, 5) is 24.1. The van der Waals surface area contributed by atoms with Gasteiger partial charge in [-0.15, -0.1) is 0 Å². The minimum Gasteiger partial charge on any atom is -0.378 e. The van der Waals surface area contributed by atoms with Crippen molar-refractivity contribution in [3.8, 4) is 0 Å². The largest absolute Gasteiger partial charge is 0.378 e. The molecule has 9 heteroatoms. The topological polar surface area (TPSA) is 83.8 Å². The van der Waals surface area contributed by atoms with Crippen LogP contribution < -0.4 is 15.5 Å². The monoisotopic (exact) mass is 378 g/mol. The fraction of sp³-hybridized carbons (Fsp3) is 0.588. The zero-order valence-electron chi connectivity index (χ0n) is 14.8. The van der Waals surface area contributed by atoms with Gasteiger partial charge in [-0.2, -0.15) is 0 Å². The molecule has 2 aromatic rings. The van der Waals surface area contributed by atoms with E-state index in [1.54, 1.807) is 10.6 Å². The summed E-state index contributed by atoms with van der Waals surface area (Å²) < 4.78 is 7.19. The van der Waals surface area contributed by atoms with Crippen LogP contribution in [0.15, 0.2) is 6.20 Å². The number of piperidine rings is 1. The molecule has 1 amide bonds. The first-order chi connectivity index (χ1) is 12.6. The highest BCUT2D eigenvalue weighted by molar-refractivity contribution is 6.29. The van der Waals surface area contributed by atoms with Crippen molar-refractivity contribution in [1.82, 2.24) is 25.0 Å². The smallest absolute Gasteiger partial charge is 0.270 e. The van der Waals surface area contributed by atoms with Crippen LogP contribution in [0.1, 0.15) is 29.0 Å². The van der Waals surface area contributed by atoms with Gasteiger partial charge in [0.15, 0.2) is 11.5 Å². The highest BCUT2D eigenvalue weighted by atomic mass is 35.5. The molecule has 0 unspecified atom stereocenters. The molecular weight excluding hydrogens is 356 g/mol. The van der Waals surface area contributed by atoms with Crippen LogP contribution in [-0.2, 0) is 4.74 Å². The first-order valence-corrected chi connectivity index (χ1v) is 9.41. The summed E-state index contributed by atoms with van der Waals surface area (Å²) in [6.07, 6.45) is 3.53. The van der Waals surface area contributed by atoms with Crippen LogP contribution in [0.5, 0.6) is 0 Å². The van der Waals surface area contributed by atoms with Crippen LogP contribution in [0.2, 0.25) is 5.15 Å². The summed E-state index contributed by atoms with van der Waals surface area (Å²) >= 11 is 6.26. The molecule has 140 valence electrons. The molecule has 4 rings (SSSR count). The van der Waals surface area contributed by atoms with Gasteiger partial charge in [-0.25, -0.2) is 9.97 Å². The Kier molecular flexibility index (Phi) is 4.97. The Morgan fingerprint density at radius 1 is 1.31 bits per heavy atom. The number of amides is 1. The average molecular weight is 379 g/mol. The molecule has 2 N–H and O–H groups in total. The average Bonchev–Trinajstić information content (AvgIpc) is 2.98. The van der Waals surface area contributed by atoms with Crippen LogP contribution in [-0.4, -0.2) is 65.7 Å². The zero-order chi connectivity index (χ0) is 18.1. The number of fused-ring (bicyclic) bond motifs is 1. The maximum Gasteiger partial charge on any atom is 0.270 e. The van der Waals surface area contributed by atoms with Gasteiger partial charge in [0.05, 0.1) is 18.9 Å². The zero-order valence-corrected chi connectivity index (χ0v) is 15.6. The fourth-order valence-electron chi connectivity index (χ4n) is 3.60. The van der Waals surface area contributed by atoms with Crippen molar-refractivity contribution in [1.29, 1.82) is 0 Å². The Labute approximate surface area is 156 Å². The second kappa shape index (κ2) is 7.38. The van der Waals surface area contributed by atoms with Crippen molar-refractivity contribution in [3.63, 3.8) is 0 Å². The Morgan fingerprint density at radius 2 is 2.04 bits per heavy atom.